The van der Waals surface area contributed by atoms with Crippen LogP contribution in [0.1, 0.15) is 0 Å². The summed E-state index contributed by atoms with van der Waals surface area (Å²) in [7, 11) is 4.70. The number of hydrogen-bond acceptors (Lipinski definition) is 5. The van der Waals surface area contributed by atoms with Crippen LogP contribution in [0.25, 0.3) is 0 Å². The van der Waals surface area contributed by atoms with E-state index in [0.29, 0.717) is 30.4 Å². The van der Waals surface area contributed by atoms with Gasteiger partial charge < -0.3 is 29.6 Å². The van der Waals surface area contributed by atoms with Crippen LogP contribution in [0.3, 0.4) is 0 Å². The maximum atomic E-state index is 12.0. The summed E-state index contributed by atoms with van der Waals surface area (Å²) in [6.45, 7) is 0.926. The predicted molar refractivity (Wildman–Crippen MR) is 77.1 cm³/mol. The van der Waals surface area contributed by atoms with Crippen LogP contribution in [0.5, 0.6) is 11.5 Å². The molecule has 1 aromatic carbocycles. The predicted octanol–water partition coefficient (Wildman–Crippen LogP) is 1.24. The van der Waals surface area contributed by atoms with Crippen molar-refractivity contribution >= 4 is 11.7 Å². The van der Waals surface area contributed by atoms with Crippen LogP contribution in [-0.4, -0.2) is 52.7 Å². The molecule has 1 heterocycles. The van der Waals surface area contributed by atoms with Gasteiger partial charge in [0.25, 0.3) is 0 Å². The lowest BCUT2D eigenvalue weighted by Crippen LogP contribution is -2.45. The minimum Gasteiger partial charge on any atom is -0.493 e. The number of methoxy groups -OCH3 is 3. The molecule has 1 aliphatic heterocycles. The Bertz CT molecular complexity index is 494. The Hall–Kier alpha value is -1.99. The Morgan fingerprint density at radius 3 is 2.62 bits per heavy atom. The second-order valence-electron chi connectivity index (χ2n) is 4.59. The standard InChI is InChI=1S/C14H20N2O5/c1-18-11-5-4-9(6-12(11)19-2)15-14(17)16-10-7-21-8-13(10)20-3/h4-6,10,13H,7-8H2,1-3H3,(H2,15,16,17)/t10-,13-/m0/s1. The van der Waals surface area contributed by atoms with Crippen molar-refractivity contribution < 1.29 is 23.7 Å². The van der Waals surface area contributed by atoms with Gasteiger partial charge in [-0.25, -0.2) is 4.79 Å². The summed E-state index contributed by atoms with van der Waals surface area (Å²) < 4.78 is 20.8. The zero-order valence-electron chi connectivity index (χ0n) is 12.3. The molecule has 7 heteroatoms. The van der Waals surface area contributed by atoms with Gasteiger partial charge in [0.15, 0.2) is 11.5 Å². The number of anilines is 1. The summed E-state index contributed by atoms with van der Waals surface area (Å²) in [4.78, 5) is 12.0. The van der Waals surface area contributed by atoms with Crippen LogP contribution >= 0.6 is 0 Å². The minimum atomic E-state index is -0.320. The highest BCUT2D eigenvalue weighted by molar-refractivity contribution is 5.89. The Labute approximate surface area is 123 Å². The number of carbonyl (C=O) groups excluding carboxylic acids is 1. The first-order valence-electron chi connectivity index (χ1n) is 6.58. The molecule has 0 aromatic heterocycles. The van der Waals surface area contributed by atoms with Crippen molar-refractivity contribution in [3.8, 4) is 11.5 Å². The summed E-state index contributed by atoms with van der Waals surface area (Å²) >= 11 is 0. The molecule has 1 saturated heterocycles. The first-order valence-corrected chi connectivity index (χ1v) is 6.58. The van der Waals surface area contributed by atoms with Gasteiger partial charge in [-0.15, -0.1) is 0 Å². The molecule has 0 bridgehead atoms. The molecule has 1 aliphatic rings. The van der Waals surface area contributed by atoms with Crippen molar-refractivity contribution in [2.24, 2.45) is 0 Å². The summed E-state index contributed by atoms with van der Waals surface area (Å²) in [6.07, 6.45) is -0.124. The summed E-state index contributed by atoms with van der Waals surface area (Å²) in [6, 6.07) is 4.68. The monoisotopic (exact) mass is 296 g/mol. The molecule has 1 fully saturated rings. The topological polar surface area (TPSA) is 78.1 Å². The van der Waals surface area contributed by atoms with Crippen molar-refractivity contribution in [1.29, 1.82) is 0 Å². The fourth-order valence-electron chi connectivity index (χ4n) is 2.15. The number of hydrogen-bond donors (Lipinski definition) is 2. The summed E-state index contributed by atoms with van der Waals surface area (Å²) in [5.41, 5.74) is 0.609. The van der Waals surface area contributed by atoms with E-state index in [2.05, 4.69) is 10.6 Å². The quantitative estimate of drug-likeness (QED) is 0.854. The maximum Gasteiger partial charge on any atom is 0.319 e. The van der Waals surface area contributed by atoms with E-state index in [1.165, 1.54) is 0 Å². The van der Waals surface area contributed by atoms with Gasteiger partial charge in [0.05, 0.1) is 33.5 Å². The normalized spacial score (nSPS) is 20.9. The fourth-order valence-corrected chi connectivity index (χ4v) is 2.15. The molecular weight excluding hydrogens is 276 g/mol. The van der Waals surface area contributed by atoms with Crippen molar-refractivity contribution in [3.63, 3.8) is 0 Å². The van der Waals surface area contributed by atoms with Crippen molar-refractivity contribution in [3.05, 3.63) is 18.2 Å². The van der Waals surface area contributed by atoms with E-state index in [9.17, 15) is 4.79 Å². The number of amides is 2. The largest absolute Gasteiger partial charge is 0.493 e. The molecule has 2 N–H and O–H groups in total. The third-order valence-electron chi connectivity index (χ3n) is 3.29. The smallest absolute Gasteiger partial charge is 0.319 e. The maximum absolute atomic E-state index is 12.0. The van der Waals surface area contributed by atoms with Gasteiger partial charge in [-0.05, 0) is 12.1 Å². The molecule has 116 valence electrons. The zero-order chi connectivity index (χ0) is 15.2. The van der Waals surface area contributed by atoms with Crippen LogP contribution in [0.2, 0.25) is 0 Å². The zero-order valence-corrected chi connectivity index (χ0v) is 12.3. The molecule has 7 nitrogen and oxygen atoms in total. The number of ether oxygens (including phenoxy) is 4. The molecular formula is C14H20N2O5. The second-order valence-corrected chi connectivity index (χ2v) is 4.59. The molecule has 0 spiro atoms. The van der Waals surface area contributed by atoms with E-state index in [1.54, 1.807) is 39.5 Å². The van der Waals surface area contributed by atoms with Gasteiger partial charge in [0.2, 0.25) is 0 Å². The average molecular weight is 296 g/mol. The fraction of sp³-hybridized carbons (Fsp3) is 0.500. The molecule has 0 radical (unpaired) electrons. The number of rotatable bonds is 5. The molecule has 0 saturated carbocycles. The molecule has 2 atom stereocenters. The van der Waals surface area contributed by atoms with Crippen LogP contribution in [0.15, 0.2) is 18.2 Å². The van der Waals surface area contributed by atoms with Gasteiger partial charge in [0.1, 0.15) is 6.10 Å². The number of carbonyl (C=O) groups is 1. The first kappa shape index (κ1) is 15.4. The van der Waals surface area contributed by atoms with E-state index in [4.69, 9.17) is 18.9 Å². The lowest BCUT2D eigenvalue weighted by molar-refractivity contribution is 0.0748. The highest BCUT2D eigenvalue weighted by Crippen LogP contribution is 2.29. The summed E-state index contributed by atoms with van der Waals surface area (Å²) in [5.74, 6) is 1.15. The highest BCUT2D eigenvalue weighted by Gasteiger charge is 2.29. The van der Waals surface area contributed by atoms with Gasteiger partial charge in [-0.3, -0.25) is 0 Å². The second kappa shape index (κ2) is 7.14. The number of nitrogens with one attached hydrogen (secondary N) is 2. The lowest BCUT2D eigenvalue weighted by Gasteiger charge is -2.18. The van der Waals surface area contributed by atoms with Crippen molar-refractivity contribution in [1.82, 2.24) is 5.32 Å². The van der Waals surface area contributed by atoms with Crippen molar-refractivity contribution in [2.45, 2.75) is 12.1 Å². The number of benzene rings is 1. The third-order valence-corrected chi connectivity index (χ3v) is 3.29. The Morgan fingerprint density at radius 1 is 1.19 bits per heavy atom. The molecule has 21 heavy (non-hydrogen) atoms. The van der Waals surface area contributed by atoms with Gasteiger partial charge in [-0.2, -0.15) is 0 Å². The lowest BCUT2D eigenvalue weighted by atomic mass is 10.2. The van der Waals surface area contributed by atoms with Crippen LogP contribution in [-0.2, 0) is 9.47 Å². The number of urea groups is 1. The highest BCUT2D eigenvalue weighted by atomic mass is 16.5. The molecule has 0 unspecified atom stereocenters. The minimum absolute atomic E-state index is 0.124. The Kier molecular flexibility index (Phi) is 5.24. The third kappa shape index (κ3) is 3.77. The van der Waals surface area contributed by atoms with E-state index >= 15 is 0 Å². The van der Waals surface area contributed by atoms with Gasteiger partial charge >= 0.3 is 6.03 Å². The van der Waals surface area contributed by atoms with Crippen molar-refractivity contribution in [2.75, 3.05) is 39.9 Å². The SMILES string of the molecule is COc1ccc(NC(=O)N[C@H]2COC[C@@H]2OC)cc1OC. The Morgan fingerprint density at radius 2 is 1.95 bits per heavy atom. The van der Waals surface area contributed by atoms with Crippen LogP contribution in [0.4, 0.5) is 10.5 Å². The van der Waals surface area contributed by atoms with Gasteiger partial charge in [0, 0.05) is 18.9 Å². The first-order chi connectivity index (χ1) is 10.2. The molecule has 2 amide bonds. The Balaban J connectivity index is 1.96. The van der Waals surface area contributed by atoms with E-state index in [1.807, 2.05) is 0 Å². The van der Waals surface area contributed by atoms with E-state index < -0.39 is 0 Å². The van der Waals surface area contributed by atoms with Crippen LogP contribution < -0.4 is 20.1 Å². The average Bonchev–Trinajstić information content (AvgIpc) is 2.94. The van der Waals surface area contributed by atoms with Gasteiger partial charge in [-0.1, -0.05) is 0 Å². The molecule has 0 aliphatic carbocycles. The summed E-state index contributed by atoms with van der Waals surface area (Å²) in [5, 5.41) is 5.57. The molecule has 2 rings (SSSR count). The van der Waals surface area contributed by atoms with Crippen LogP contribution in [0, 0.1) is 0 Å². The van der Waals surface area contributed by atoms with E-state index in [-0.39, 0.29) is 18.2 Å². The van der Waals surface area contributed by atoms with E-state index in [0.717, 1.165) is 0 Å². The molecule has 1 aromatic rings.